The quantitative estimate of drug-likeness (QED) is 0.679. The summed E-state index contributed by atoms with van der Waals surface area (Å²) in [6.45, 7) is 3.39. The molecule has 1 aromatic carbocycles. The number of nitrogens with zero attached hydrogens (tertiary/aromatic N) is 2. The minimum absolute atomic E-state index is 0.00895. The van der Waals surface area contributed by atoms with Crippen LogP contribution in [0.1, 0.15) is 36.0 Å². The number of rotatable bonds is 6. The maximum absolute atomic E-state index is 12.8. The Morgan fingerprint density at radius 1 is 0.935 bits per heavy atom. The number of hydrogen-bond acceptors (Lipinski definition) is 6. The molecular weight excluding hydrogens is 422 g/mol. The molecule has 10 heteroatoms. The Morgan fingerprint density at radius 3 is 2.19 bits per heavy atom. The van der Waals surface area contributed by atoms with Gasteiger partial charge in [-0.2, -0.15) is 0 Å². The molecule has 0 bridgehead atoms. The first-order valence-electron chi connectivity index (χ1n) is 10.8. The molecule has 4 rings (SSSR count). The highest BCUT2D eigenvalue weighted by Crippen LogP contribution is 2.18. The van der Waals surface area contributed by atoms with E-state index in [0.717, 1.165) is 25.7 Å². The van der Waals surface area contributed by atoms with Crippen molar-refractivity contribution < 1.29 is 27.5 Å². The molecule has 3 aliphatic rings. The van der Waals surface area contributed by atoms with Gasteiger partial charge in [-0.25, -0.2) is 13.1 Å². The summed E-state index contributed by atoms with van der Waals surface area (Å²) in [5, 5.41) is 0. The van der Waals surface area contributed by atoms with Gasteiger partial charge in [0.2, 0.25) is 10.0 Å². The minimum Gasteiger partial charge on any atom is -0.377 e. The number of ether oxygens (including phenoxy) is 2. The minimum atomic E-state index is -3.65. The fourth-order valence-electron chi connectivity index (χ4n) is 4.16. The Kier molecular flexibility index (Phi) is 6.90. The number of carbonyl (C=O) groups is 2. The average Bonchev–Trinajstić information content (AvgIpc) is 3.51. The molecule has 3 saturated heterocycles. The molecule has 2 unspecified atom stereocenters. The van der Waals surface area contributed by atoms with Gasteiger partial charge in [0.1, 0.15) is 6.10 Å². The van der Waals surface area contributed by atoms with Gasteiger partial charge in [0.05, 0.1) is 11.0 Å². The molecule has 3 heterocycles. The van der Waals surface area contributed by atoms with Gasteiger partial charge in [0.15, 0.2) is 0 Å². The van der Waals surface area contributed by atoms with E-state index in [1.165, 1.54) is 24.3 Å². The number of piperazine rings is 1. The number of nitrogens with one attached hydrogen (secondary N) is 1. The van der Waals surface area contributed by atoms with E-state index < -0.39 is 10.0 Å². The molecule has 2 atom stereocenters. The van der Waals surface area contributed by atoms with Crippen LogP contribution in [0.2, 0.25) is 0 Å². The normalized spacial score (nSPS) is 24.5. The van der Waals surface area contributed by atoms with Crippen molar-refractivity contribution in [3.05, 3.63) is 29.8 Å². The highest BCUT2D eigenvalue weighted by Gasteiger charge is 2.31. The van der Waals surface area contributed by atoms with E-state index in [0.29, 0.717) is 45.0 Å². The standard InChI is InChI=1S/C21H29N3O6S/c25-20(23-9-11-24(12-10-23)21(26)19-4-2-14-30-19)16-5-7-18(8-6-16)31(27,28)22-15-17-3-1-13-29-17/h5-8,17,19,22H,1-4,9-15H2. The summed E-state index contributed by atoms with van der Waals surface area (Å²) < 4.78 is 38.4. The van der Waals surface area contributed by atoms with Gasteiger partial charge in [-0.05, 0) is 49.9 Å². The van der Waals surface area contributed by atoms with Crippen LogP contribution in [0.3, 0.4) is 0 Å². The summed E-state index contributed by atoms with van der Waals surface area (Å²) in [4.78, 5) is 28.8. The summed E-state index contributed by atoms with van der Waals surface area (Å²) in [5.74, 6) is -0.157. The SMILES string of the molecule is O=C(c1ccc(S(=O)(=O)NCC2CCCO2)cc1)N1CCN(C(=O)C2CCCO2)CC1. The molecule has 31 heavy (non-hydrogen) atoms. The van der Waals surface area contributed by atoms with Crippen LogP contribution in [0.5, 0.6) is 0 Å². The average molecular weight is 452 g/mol. The predicted molar refractivity (Wildman–Crippen MR) is 112 cm³/mol. The number of sulfonamides is 1. The number of carbonyl (C=O) groups excluding carboxylic acids is 2. The second kappa shape index (κ2) is 9.64. The van der Waals surface area contributed by atoms with Crippen molar-refractivity contribution >= 4 is 21.8 Å². The van der Waals surface area contributed by atoms with Crippen molar-refractivity contribution in [3.63, 3.8) is 0 Å². The van der Waals surface area contributed by atoms with E-state index in [4.69, 9.17) is 9.47 Å². The van der Waals surface area contributed by atoms with Gasteiger partial charge in [-0.1, -0.05) is 0 Å². The topological polar surface area (TPSA) is 105 Å². The zero-order valence-electron chi connectivity index (χ0n) is 17.5. The van der Waals surface area contributed by atoms with Crippen molar-refractivity contribution in [2.75, 3.05) is 45.9 Å². The number of amides is 2. The molecule has 0 spiro atoms. The molecule has 0 radical (unpaired) electrons. The molecular formula is C21H29N3O6S. The van der Waals surface area contributed by atoms with Crippen LogP contribution in [-0.2, 0) is 24.3 Å². The summed E-state index contributed by atoms with van der Waals surface area (Å²) in [6, 6.07) is 5.96. The fraction of sp³-hybridized carbons (Fsp3) is 0.619. The summed E-state index contributed by atoms with van der Waals surface area (Å²) in [7, 11) is -3.65. The molecule has 0 saturated carbocycles. The largest absolute Gasteiger partial charge is 0.377 e. The Balaban J connectivity index is 1.30. The lowest BCUT2D eigenvalue weighted by Gasteiger charge is -2.35. The van der Waals surface area contributed by atoms with Crippen LogP contribution in [0.15, 0.2) is 29.2 Å². The van der Waals surface area contributed by atoms with Gasteiger partial charge >= 0.3 is 0 Å². The summed E-state index contributed by atoms with van der Waals surface area (Å²) >= 11 is 0. The van der Waals surface area contributed by atoms with Crippen molar-refractivity contribution in [3.8, 4) is 0 Å². The van der Waals surface area contributed by atoms with Gasteiger partial charge < -0.3 is 19.3 Å². The smallest absolute Gasteiger partial charge is 0.253 e. The van der Waals surface area contributed by atoms with Crippen LogP contribution in [0.4, 0.5) is 0 Å². The third kappa shape index (κ3) is 5.25. The van der Waals surface area contributed by atoms with E-state index in [-0.39, 0.29) is 35.5 Å². The number of benzene rings is 1. The predicted octanol–water partition coefficient (Wildman–Crippen LogP) is 0.607. The maximum Gasteiger partial charge on any atom is 0.253 e. The van der Waals surface area contributed by atoms with E-state index in [1.807, 2.05) is 0 Å². The molecule has 3 fully saturated rings. The van der Waals surface area contributed by atoms with Crippen molar-refractivity contribution in [1.29, 1.82) is 0 Å². The van der Waals surface area contributed by atoms with Crippen LogP contribution < -0.4 is 4.72 Å². The molecule has 0 aromatic heterocycles. The molecule has 2 amide bonds. The zero-order valence-corrected chi connectivity index (χ0v) is 18.3. The van der Waals surface area contributed by atoms with Gasteiger partial charge in [-0.15, -0.1) is 0 Å². The van der Waals surface area contributed by atoms with Crippen LogP contribution in [0, 0.1) is 0 Å². The molecule has 1 N–H and O–H groups in total. The van der Waals surface area contributed by atoms with Gasteiger partial charge in [0, 0.05) is 51.5 Å². The van der Waals surface area contributed by atoms with Gasteiger partial charge in [0.25, 0.3) is 11.8 Å². The van der Waals surface area contributed by atoms with E-state index in [9.17, 15) is 18.0 Å². The molecule has 3 aliphatic heterocycles. The zero-order chi connectivity index (χ0) is 21.8. The van der Waals surface area contributed by atoms with E-state index >= 15 is 0 Å². The van der Waals surface area contributed by atoms with Crippen LogP contribution in [-0.4, -0.2) is 88.2 Å². The Hall–Kier alpha value is -2.01. The maximum atomic E-state index is 12.8. The van der Waals surface area contributed by atoms with Crippen LogP contribution >= 0.6 is 0 Å². The Bertz CT molecular complexity index is 884. The van der Waals surface area contributed by atoms with Crippen molar-refractivity contribution in [1.82, 2.24) is 14.5 Å². The summed E-state index contributed by atoms with van der Waals surface area (Å²) in [5.41, 5.74) is 0.428. The third-order valence-electron chi connectivity index (χ3n) is 6.02. The van der Waals surface area contributed by atoms with Gasteiger partial charge in [-0.3, -0.25) is 9.59 Å². The lowest BCUT2D eigenvalue weighted by molar-refractivity contribution is -0.142. The fourth-order valence-corrected chi connectivity index (χ4v) is 5.22. The van der Waals surface area contributed by atoms with E-state index in [1.54, 1.807) is 9.80 Å². The molecule has 170 valence electrons. The summed E-state index contributed by atoms with van der Waals surface area (Å²) in [6.07, 6.45) is 3.04. The highest BCUT2D eigenvalue weighted by molar-refractivity contribution is 7.89. The van der Waals surface area contributed by atoms with Crippen LogP contribution in [0.25, 0.3) is 0 Å². The Morgan fingerprint density at radius 2 is 1.58 bits per heavy atom. The lowest BCUT2D eigenvalue weighted by Crippen LogP contribution is -2.52. The number of hydrogen-bond donors (Lipinski definition) is 1. The second-order valence-corrected chi connectivity index (χ2v) is 9.90. The van der Waals surface area contributed by atoms with E-state index in [2.05, 4.69) is 4.72 Å². The first-order chi connectivity index (χ1) is 14.9. The van der Waals surface area contributed by atoms with Crippen molar-refractivity contribution in [2.45, 2.75) is 42.8 Å². The molecule has 0 aliphatic carbocycles. The Labute approximate surface area is 182 Å². The molecule has 1 aromatic rings. The highest BCUT2D eigenvalue weighted by atomic mass is 32.2. The lowest BCUT2D eigenvalue weighted by atomic mass is 10.1. The first kappa shape index (κ1) is 22.2. The second-order valence-electron chi connectivity index (χ2n) is 8.13. The first-order valence-corrected chi connectivity index (χ1v) is 12.3. The monoisotopic (exact) mass is 451 g/mol. The third-order valence-corrected chi connectivity index (χ3v) is 7.46. The molecule has 9 nitrogen and oxygen atoms in total. The van der Waals surface area contributed by atoms with Crippen molar-refractivity contribution in [2.24, 2.45) is 0 Å².